The first-order valence-electron chi connectivity index (χ1n) is 6.54. The molecule has 0 fully saturated rings. The second-order valence-electron chi connectivity index (χ2n) is 4.36. The molecule has 0 heterocycles. The van der Waals surface area contributed by atoms with E-state index in [1.165, 1.54) is 10.4 Å². The third-order valence-corrected chi connectivity index (χ3v) is 4.91. The summed E-state index contributed by atoms with van der Waals surface area (Å²) in [6.07, 6.45) is 0.135. The molecular weight excluding hydrogens is 288 g/mol. The Kier molecular flexibility index (Phi) is 6.39. The molecule has 112 valence electrons. The molecule has 5 nitrogen and oxygen atoms in total. The lowest BCUT2D eigenvalue weighted by molar-refractivity contribution is 0.350. The van der Waals surface area contributed by atoms with Crippen LogP contribution >= 0.6 is 0 Å². The number of sulfonamides is 1. The number of nitrogens with zero attached hydrogens (tertiary/aromatic N) is 2. The molecule has 21 heavy (non-hydrogen) atoms. The van der Waals surface area contributed by atoms with Gasteiger partial charge in [-0.15, -0.1) is 0 Å². The molecule has 1 aromatic carbocycles. The van der Waals surface area contributed by atoms with Gasteiger partial charge in [-0.2, -0.15) is 9.57 Å². The number of aliphatic hydroxyl groups excluding tert-OH is 1. The summed E-state index contributed by atoms with van der Waals surface area (Å²) in [5.41, 5.74) is 1.25. The van der Waals surface area contributed by atoms with Crippen molar-refractivity contribution in [2.75, 3.05) is 19.7 Å². The zero-order chi connectivity index (χ0) is 15.9. The largest absolute Gasteiger partial charge is 0.384 e. The third kappa shape index (κ3) is 4.30. The van der Waals surface area contributed by atoms with E-state index in [9.17, 15) is 8.42 Å². The van der Waals surface area contributed by atoms with Gasteiger partial charge in [-0.25, -0.2) is 8.42 Å². The summed E-state index contributed by atoms with van der Waals surface area (Å²) in [4.78, 5) is 0.105. The average Bonchev–Trinajstić information content (AvgIpc) is 2.45. The maximum Gasteiger partial charge on any atom is 0.244 e. The molecule has 0 atom stereocenters. The topological polar surface area (TPSA) is 81.4 Å². The van der Waals surface area contributed by atoms with E-state index in [4.69, 9.17) is 10.4 Å². The molecule has 0 radical (unpaired) electrons. The fourth-order valence-electron chi connectivity index (χ4n) is 1.86. The second-order valence-corrected chi connectivity index (χ2v) is 6.27. The highest BCUT2D eigenvalue weighted by atomic mass is 32.2. The van der Waals surface area contributed by atoms with Gasteiger partial charge in [0.05, 0.1) is 11.0 Å². The Bertz CT molecular complexity index is 694. The van der Waals surface area contributed by atoms with Crippen LogP contribution in [0.2, 0.25) is 0 Å². The van der Waals surface area contributed by atoms with E-state index in [0.717, 1.165) is 5.56 Å². The van der Waals surface area contributed by atoms with E-state index in [-0.39, 0.29) is 31.0 Å². The van der Waals surface area contributed by atoms with Crippen LogP contribution in [0.1, 0.15) is 24.5 Å². The lowest BCUT2D eigenvalue weighted by Crippen LogP contribution is -2.32. The normalized spacial score (nSPS) is 10.8. The summed E-state index contributed by atoms with van der Waals surface area (Å²) in [6.45, 7) is 3.66. The minimum Gasteiger partial charge on any atom is -0.384 e. The van der Waals surface area contributed by atoms with Gasteiger partial charge in [-0.05, 0) is 24.6 Å². The Morgan fingerprint density at radius 1 is 1.38 bits per heavy atom. The first-order valence-corrected chi connectivity index (χ1v) is 7.98. The highest BCUT2D eigenvalue weighted by Crippen LogP contribution is 2.21. The molecule has 6 heteroatoms. The van der Waals surface area contributed by atoms with Gasteiger partial charge in [-0.3, -0.25) is 0 Å². The maximum absolute atomic E-state index is 12.7. The number of hydrogen-bond donors (Lipinski definition) is 1. The van der Waals surface area contributed by atoms with E-state index in [0.29, 0.717) is 5.56 Å². The lowest BCUT2D eigenvalue weighted by atomic mass is 10.1. The van der Waals surface area contributed by atoms with Crippen LogP contribution in [0.4, 0.5) is 0 Å². The van der Waals surface area contributed by atoms with Crippen LogP contribution in [0.3, 0.4) is 0 Å². The Balaban J connectivity index is 3.33. The highest BCUT2D eigenvalue weighted by molar-refractivity contribution is 7.89. The van der Waals surface area contributed by atoms with Crippen LogP contribution in [-0.4, -0.2) is 37.5 Å². The molecule has 0 spiro atoms. The van der Waals surface area contributed by atoms with E-state index in [1.807, 2.05) is 13.0 Å². The van der Waals surface area contributed by atoms with Crippen molar-refractivity contribution in [3.05, 3.63) is 29.3 Å². The monoisotopic (exact) mass is 306 g/mol. The van der Waals surface area contributed by atoms with E-state index >= 15 is 0 Å². The molecule has 1 N–H and O–H groups in total. The Hall–Kier alpha value is -1.86. The quantitative estimate of drug-likeness (QED) is 0.830. The first kappa shape index (κ1) is 17.2. The van der Waals surface area contributed by atoms with Crippen molar-refractivity contribution in [3.8, 4) is 17.9 Å². The highest BCUT2D eigenvalue weighted by Gasteiger charge is 2.25. The number of aryl methyl sites for hydroxylation is 1. The standard InChI is InChI=1S/C15H18N2O3S/c1-3-17(10-5-9-16)21(19,20)15-8-7-13(2)12-14(15)6-4-11-18/h7-8,12,18H,3,5,10-11H2,1-2H3. The third-order valence-electron chi connectivity index (χ3n) is 2.88. The lowest BCUT2D eigenvalue weighted by Gasteiger charge is -2.20. The minimum absolute atomic E-state index is 0.105. The van der Waals surface area contributed by atoms with Crippen molar-refractivity contribution < 1.29 is 13.5 Å². The van der Waals surface area contributed by atoms with Gasteiger partial charge in [-0.1, -0.05) is 24.8 Å². The fraction of sp³-hybridized carbons (Fsp3) is 0.400. The van der Waals surface area contributed by atoms with Gasteiger partial charge in [0.1, 0.15) is 6.61 Å². The first-order chi connectivity index (χ1) is 9.97. The molecule has 1 aromatic rings. The molecule has 0 aliphatic rings. The van der Waals surface area contributed by atoms with Gasteiger partial charge in [0, 0.05) is 25.1 Å². The van der Waals surface area contributed by atoms with Gasteiger partial charge in [0.15, 0.2) is 0 Å². The summed E-state index contributed by atoms with van der Waals surface area (Å²) in [5, 5.41) is 17.4. The molecule has 0 saturated heterocycles. The zero-order valence-electron chi connectivity index (χ0n) is 12.1. The molecule has 0 aromatic heterocycles. The average molecular weight is 306 g/mol. The second kappa shape index (κ2) is 7.80. The van der Waals surface area contributed by atoms with Crippen LogP contribution in [-0.2, 0) is 10.0 Å². The fourth-order valence-corrected chi connectivity index (χ4v) is 3.44. The van der Waals surface area contributed by atoms with Crippen LogP contribution in [0.25, 0.3) is 0 Å². The zero-order valence-corrected chi connectivity index (χ0v) is 12.9. The van der Waals surface area contributed by atoms with Crippen molar-refractivity contribution in [2.24, 2.45) is 0 Å². The molecule has 0 saturated carbocycles. The van der Waals surface area contributed by atoms with Crippen molar-refractivity contribution >= 4 is 10.0 Å². The maximum atomic E-state index is 12.7. The number of aliphatic hydroxyl groups is 1. The van der Waals surface area contributed by atoms with Gasteiger partial charge in [0.25, 0.3) is 0 Å². The molecule has 0 unspecified atom stereocenters. The summed E-state index contributed by atoms with van der Waals surface area (Å²) >= 11 is 0. The predicted molar refractivity (Wildman–Crippen MR) is 79.8 cm³/mol. The van der Waals surface area contributed by atoms with Crippen molar-refractivity contribution in [1.29, 1.82) is 5.26 Å². The van der Waals surface area contributed by atoms with Crippen LogP contribution in [0.5, 0.6) is 0 Å². The number of benzene rings is 1. The van der Waals surface area contributed by atoms with Gasteiger partial charge in [0.2, 0.25) is 10.0 Å². The van der Waals surface area contributed by atoms with E-state index in [2.05, 4.69) is 11.8 Å². The molecule has 1 rings (SSSR count). The molecule has 0 aliphatic heterocycles. The Labute approximate surface area is 125 Å². The van der Waals surface area contributed by atoms with E-state index < -0.39 is 10.0 Å². The summed E-state index contributed by atoms with van der Waals surface area (Å²) in [5.74, 6) is 5.15. The number of nitriles is 1. The van der Waals surface area contributed by atoms with Gasteiger partial charge < -0.3 is 5.11 Å². The molecule has 0 aliphatic carbocycles. The minimum atomic E-state index is -3.70. The number of hydrogen-bond acceptors (Lipinski definition) is 4. The predicted octanol–water partition coefficient (Wildman–Crippen LogP) is 1.26. The Morgan fingerprint density at radius 2 is 2.10 bits per heavy atom. The summed E-state index contributed by atoms with van der Waals surface area (Å²) in [7, 11) is -3.70. The van der Waals surface area contributed by atoms with Crippen molar-refractivity contribution in [1.82, 2.24) is 4.31 Å². The summed E-state index contributed by atoms with van der Waals surface area (Å²) < 4.78 is 26.6. The molecule has 0 amide bonds. The van der Waals surface area contributed by atoms with Gasteiger partial charge >= 0.3 is 0 Å². The SMILES string of the molecule is CCN(CCC#N)S(=O)(=O)c1ccc(C)cc1C#CCO. The molecular formula is C15H18N2O3S. The van der Waals surface area contributed by atoms with E-state index in [1.54, 1.807) is 19.1 Å². The van der Waals surface area contributed by atoms with Crippen LogP contribution in [0.15, 0.2) is 23.1 Å². The number of rotatable bonds is 5. The molecule has 0 bridgehead atoms. The van der Waals surface area contributed by atoms with Crippen LogP contribution in [0, 0.1) is 30.1 Å². The van der Waals surface area contributed by atoms with Crippen LogP contribution < -0.4 is 0 Å². The summed E-state index contributed by atoms with van der Waals surface area (Å²) in [6, 6.07) is 6.84. The van der Waals surface area contributed by atoms with Crippen molar-refractivity contribution in [3.63, 3.8) is 0 Å². The smallest absolute Gasteiger partial charge is 0.244 e. The Morgan fingerprint density at radius 3 is 2.67 bits per heavy atom. The van der Waals surface area contributed by atoms with Crippen molar-refractivity contribution in [2.45, 2.75) is 25.2 Å².